The Labute approximate surface area is 67.0 Å². The van der Waals surface area contributed by atoms with Gasteiger partial charge in [0, 0.05) is 6.07 Å². The van der Waals surface area contributed by atoms with Crippen LogP contribution in [0.5, 0.6) is 0 Å². The first-order valence-corrected chi connectivity index (χ1v) is 3.18. The molecule has 0 unspecified atom stereocenters. The molecule has 0 spiro atoms. The van der Waals surface area contributed by atoms with Crippen LogP contribution in [0.25, 0.3) is 0 Å². The van der Waals surface area contributed by atoms with E-state index in [1.165, 1.54) is 12.3 Å². The Balaban J connectivity index is 3.06. The van der Waals surface area contributed by atoms with Crippen molar-refractivity contribution in [2.24, 2.45) is 0 Å². The lowest BCUT2D eigenvalue weighted by Gasteiger charge is -2.01. The minimum Gasteiger partial charge on any atom is -0.166 e. The third-order valence-corrected chi connectivity index (χ3v) is 1.36. The van der Waals surface area contributed by atoms with Crippen molar-refractivity contribution in [2.75, 3.05) is 0 Å². The highest BCUT2D eigenvalue weighted by atomic mass is 32.1. The molecule has 0 amide bonds. The molecule has 1 nitrogen and oxygen atoms in total. The molecule has 5 heteroatoms. The Morgan fingerprint density at radius 2 is 2.00 bits per heavy atom. The summed E-state index contributed by atoms with van der Waals surface area (Å²) in [7, 11) is 0. The van der Waals surface area contributed by atoms with Crippen molar-refractivity contribution in [3.05, 3.63) is 30.1 Å². The number of aromatic nitrogens is 1. The average Bonchev–Trinajstić information content (AvgIpc) is 1.86. The van der Waals surface area contributed by atoms with E-state index in [1.54, 1.807) is 0 Å². The van der Waals surface area contributed by atoms with E-state index >= 15 is 0 Å². The van der Waals surface area contributed by atoms with Crippen LogP contribution in [0.1, 0.15) is 5.56 Å². The molecule has 0 saturated heterocycles. The summed E-state index contributed by atoms with van der Waals surface area (Å²) in [6.07, 6.45) is -1.97. The van der Waals surface area contributed by atoms with E-state index in [0.717, 1.165) is 16.2 Å². The zero-order valence-electron chi connectivity index (χ0n) is 5.34. The van der Waals surface area contributed by atoms with Gasteiger partial charge in [0.2, 0.25) is 0 Å². The molecule has 0 saturated carbocycles. The highest BCUT2D eigenvalue weighted by Crippen LogP contribution is 2.27. The standard InChI is InChI=1S/C6H5F3NS/c7-6(8,9)5-2-1-3-10(11)4-5/h1-4,11H/q+1. The van der Waals surface area contributed by atoms with E-state index in [1.807, 2.05) is 0 Å². The van der Waals surface area contributed by atoms with Gasteiger partial charge in [0.25, 0.3) is 0 Å². The molecular formula is C6H5F3NS+. The molecule has 1 aromatic rings. The van der Waals surface area contributed by atoms with Crippen molar-refractivity contribution >= 4 is 12.8 Å². The van der Waals surface area contributed by atoms with E-state index in [9.17, 15) is 13.2 Å². The van der Waals surface area contributed by atoms with Crippen molar-refractivity contribution in [3.63, 3.8) is 0 Å². The molecule has 0 aliphatic heterocycles. The van der Waals surface area contributed by atoms with Gasteiger partial charge in [-0.05, 0) is 6.07 Å². The summed E-state index contributed by atoms with van der Waals surface area (Å²) in [6, 6.07) is 2.28. The Hall–Kier alpha value is -0.710. The molecule has 1 rings (SSSR count). The molecule has 0 atom stereocenters. The summed E-state index contributed by atoms with van der Waals surface area (Å²) >= 11 is 3.70. The summed E-state index contributed by atoms with van der Waals surface area (Å²) in [5.41, 5.74) is -0.699. The first-order valence-electron chi connectivity index (χ1n) is 2.78. The predicted octanol–water partition coefficient (Wildman–Crippen LogP) is 1.69. The second-order valence-corrected chi connectivity index (χ2v) is 2.43. The number of alkyl halides is 3. The van der Waals surface area contributed by atoms with Crippen LogP contribution >= 0.6 is 12.8 Å². The second kappa shape index (κ2) is 2.73. The van der Waals surface area contributed by atoms with Gasteiger partial charge in [-0.1, -0.05) is 0 Å². The van der Waals surface area contributed by atoms with Gasteiger partial charge in [-0.2, -0.15) is 13.2 Å². The normalized spacial score (nSPS) is 11.6. The minimum atomic E-state index is -4.29. The van der Waals surface area contributed by atoms with Crippen molar-refractivity contribution in [1.82, 2.24) is 0 Å². The van der Waals surface area contributed by atoms with Crippen molar-refractivity contribution in [2.45, 2.75) is 6.18 Å². The topological polar surface area (TPSA) is 3.88 Å². The number of halogens is 3. The third kappa shape index (κ3) is 2.11. The van der Waals surface area contributed by atoms with Gasteiger partial charge < -0.3 is 0 Å². The lowest BCUT2D eigenvalue weighted by Crippen LogP contribution is -2.22. The third-order valence-electron chi connectivity index (χ3n) is 1.11. The number of pyridine rings is 1. The van der Waals surface area contributed by atoms with Crippen LogP contribution in [0.2, 0.25) is 0 Å². The van der Waals surface area contributed by atoms with Gasteiger partial charge in [-0.3, -0.25) is 0 Å². The van der Waals surface area contributed by atoms with Crippen LogP contribution in [0.4, 0.5) is 13.2 Å². The van der Waals surface area contributed by atoms with E-state index in [-0.39, 0.29) is 0 Å². The largest absolute Gasteiger partial charge is 0.422 e. The second-order valence-electron chi connectivity index (χ2n) is 1.97. The molecule has 11 heavy (non-hydrogen) atoms. The van der Waals surface area contributed by atoms with Crippen LogP contribution in [-0.2, 0) is 6.18 Å². The van der Waals surface area contributed by atoms with Crippen LogP contribution < -0.4 is 3.97 Å². The lowest BCUT2D eigenvalue weighted by molar-refractivity contribution is -0.491. The van der Waals surface area contributed by atoms with E-state index in [2.05, 4.69) is 12.8 Å². The Morgan fingerprint density at radius 3 is 2.36 bits per heavy atom. The summed E-state index contributed by atoms with van der Waals surface area (Å²) in [4.78, 5) is 0. The van der Waals surface area contributed by atoms with Crippen molar-refractivity contribution < 1.29 is 17.1 Å². The maximum atomic E-state index is 11.9. The monoisotopic (exact) mass is 180 g/mol. The van der Waals surface area contributed by atoms with Gasteiger partial charge >= 0.3 is 6.18 Å². The summed E-state index contributed by atoms with van der Waals surface area (Å²) in [5, 5.41) is 0. The van der Waals surface area contributed by atoms with Crippen molar-refractivity contribution in [3.8, 4) is 0 Å². The summed E-state index contributed by atoms with van der Waals surface area (Å²) in [6.45, 7) is 0. The molecule has 0 aliphatic rings. The number of nitrogens with zero attached hydrogens (tertiary/aromatic N) is 1. The Kier molecular flexibility index (Phi) is 2.08. The molecule has 0 radical (unpaired) electrons. The lowest BCUT2D eigenvalue weighted by atomic mass is 10.3. The van der Waals surface area contributed by atoms with Gasteiger partial charge in [-0.25, -0.2) is 0 Å². The molecule has 0 aromatic carbocycles. The van der Waals surface area contributed by atoms with Gasteiger partial charge in [0.05, 0.1) is 0 Å². The fraction of sp³-hybridized carbons (Fsp3) is 0.167. The Morgan fingerprint density at radius 1 is 1.36 bits per heavy atom. The molecule has 0 aliphatic carbocycles. The van der Waals surface area contributed by atoms with Gasteiger partial charge in [-0.15, -0.1) is 3.97 Å². The first kappa shape index (κ1) is 8.39. The number of rotatable bonds is 0. The molecule has 60 valence electrons. The minimum absolute atomic E-state index is 0.699. The quantitative estimate of drug-likeness (QED) is 0.457. The fourth-order valence-electron chi connectivity index (χ4n) is 0.631. The highest BCUT2D eigenvalue weighted by molar-refractivity contribution is 7.73. The molecule has 0 bridgehead atoms. The molecule has 1 heterocycles. The van der Waals surface area contributed by atoms with E-state index in [4.69, 9.17) is 0 Å². The van der Waals surface area contributed by atoms with Crippen LogP contribution in [0.3, 0.4) is 0 Å². The van der Waals surface area contributed by atoms with Gasteiger partial charge in [0.15, 0.2) is 12.4 Å². The fourth-order valence-corrected chi connectivity index (χ4v) is 0.833. The zero-order valence-corrected chi connectivity index (χ0v) is 6.23. The van der Waals surface area contributed by atoms with Gasteiger partial charge in [0.1, 0.15) is 18.4 Å². The first-order chi connectivity index (χ1) is 5.00. The summed E-state index contributed by atoms with van der Waals surface area (Å²) < 4.78 is 36.8. The summed E-state index contributed by atoms with van der Waals surface area (Å²) in [5.74, 6) is 0. The molecular weight excluding hydrogens is 175 g/mol. The number of thiol groups is 1. The maximum Gasteiger partial charge on any atom is 0.422 e. The zero-order chi connectivity index (χ0) is 8.48. The Bertz CT molecular complexity index is 258. The maximum absolute atomic E-state index is 11.9. The highest BCUT2D eigenvalue weighted by Gasteiger charge is 2.32. The van der Waals surface area contributed by atoms with E-state index in [0.29, 0.717) is 0 Å². The molecule has 0 N–H and O–H groups in total. The van der Waals surface area contributed by atoms with Crippen LogP contribution in [-0.4, -0.2) is 0 Å². The van der Waals surface area contributed by atoms with Crippen LogP contribution in [0, 0.1) is 0 Å². The predicted molar refractivity (Wildman–Crippen MR) is 36.0 cm³/mol. The average molecular weight is 180 g/mol. The molecule has 1 aromatic heterocycles. The number of hydrogen-bond acceptors (Lipinski definition) is 1. The van der Waals surface area contributed by atoms with Crippen molar-refractivity contribution in [1.29, 1.82) is 0 Å². The number of hydrogen-bond donors (Lipinski definition) is 1. The van der Waals surface area contributed by atoms with E-state index < -0.39 is 11.7 Å². The smallest absolute Gasteiger partial charge is 0.166 e. The van der Waals surface area contributed by atoms with Crippen LogP contribution in [0.15, 0.2) is 24.5 Å². The molecule has 0 fully saturated rings. The SMILES string of the molecule is FC(F)(F)c1ccc[n+](S)c1.